The van der Waals surface area contributed by atoms with Crippen LogP contribution in [0.15, 0.2) is 36.7 Å². The third-order valence-corrected chi connectivity index (χ3v) is 4.24. The summed E-state index contributed by atoms with van der Waals surface area (Å²) in [5, 5.41) is 3.48. The van der Waals surface area contributed by atoms with Crippen molar-refractivity contribution in [3.8, 4) is 5.75 Å². The smallest absolute Gasteiger partial charge is 0.137 e. The van der Waals surface area contributed by atoms with Crippen LogP contribution in [0.5, 0.6) is 5.75 Å². The van der Waals surface area contributed by atoms with Gasteiger partial charge in [-0.1, -0.05) is 26.0 Å². The first kappa shape index (κ1) is 13.9. The summed E-state index contributed by atoms with van der Waals surface area (Å²) < 4.78 is 5.22. The van der Waals surface area contributed by atoms with E-state index >= 15 is 0 Å². The summed E-state index contributed by atoms with van der Waals surface area (Å²) in [5.74, 6) is 0.826. The summed E-state index contributed by atoms with van der Waals surface area (Å²) >= 11 is 0. The van der Waals surface area contributed by atoms with E-state index in [4.69, 9.17) is 4.74 Å². The number of pyridine rings is 1. The molecule has 0 fully saturated rings. The molecule has 0 saturated heterocycles. The highest BCUT2D eigenvalue weighted by Gasteiger charge is 2.29. The number of rotatable bonds is 4. The van der Waals surface area contributed by atoms with E-state index in [0.717, 1.165) is 25.1 Å². The number of benzene rings is 1. The lowest BCUT2D eigenvalue weighted by atomic mass is 9.85. The van der Waals surface area contributed by atoms with Crippen molar-refractivity contribution in [3.05, 3.63) is 53.3 Å². The molecule has 2 heterocycles. The first-order chi connectivity index (χ1) is 10.1. The lowest BCUT2D eigenvalue weighted by molar-refractivity contribution is 0.412. The Morgan fingerprint density at radius 1 is 1.14 bits per heavy atom. The van der Waals surface area contributed by atoms with Gasteiger partial charge < -0.3 is 10.1 Å². The summed E-state index contributed by atoms with van der Waals surface area (Å²) in [4.78, 5) is 4.21. The standard InChI is InChI=1S/C18H22N2O/c1-18(2)12-20-17-7-6-13(9-16(17)18)4-5-14-8-15(21-3)11-19-10-14/h6-11,20H,4-5,12H2,1-3H3. The largest absolute Gasteiger partial charge is 0.495 e. The Bertz CT molecular complexity index is 649. The Morgan fingerprint density at radius 2 is 1.95 bits per heavy atom. The van der Waals surface area contributed by atoms with E-state index in [1.54, 1.807) is 13.3 Å². The van der Waals surface area contributed by atoms with Crippen LogP contribution in [0.2, 0.25) is 0 Å². The molecule has 0 amide bonds. The molecule has 3 rings (SSSR count). The van der Waals surface area contributed by atoms with Crippen LogP contribution in [0, 0.1) is 0 Å². The van der Waals surface area contributed by atoms with Gasteiger partial charge in [0.15, 0.2) is 0 Å². The van der Waals surface area contributed by atoms with E-state index in [-0.39, 0.29) is 5.41 Å². The highest BCUT2D eigenvalue weighted by molar-refractivity contribution is 5.60. The van der Waals surface area contributed by atoms with Crippen molar-refractivity contribution in [2.24, 2.45) is 0 Å². The van der Waals surface area contributed by atoms with Crippen LogP contribution >= 0.6 is 0 Å². The zero-order valence-corrected chi connectivity index (χ0v) is 12.9. The van der Waals surface area contributed by atoms with E-state index in [1.807, 2.05) is 6.20 Å². The molecule has 3 heteroatoms. The zero-order valence-electron chi connectivity index (χ0n) is 12.9. The molecule has 2 aromatic rings. The Kier molecular flexibility index (Phi) is 3.58. The minimum absolute atomic E-state index is 0.225. The Morgan fingerprint density at radius 3 is 2.76 bits per heavy atom. The number of nitrogens with one attached hydrogen (secondary N) is 1. The van der Waals surface area contributed by atoms with E-state index in [0.29, 0.717) is 0 Å². The quantitative estimate of drug-likeness (QED) is 0.930. The maximum Gasteiger partial charge on any atom is 0.137 e. The number of hydrogen-bond donors (Lipinski definition) is 1. The zero-order chi connectivity index (χ0) is 14.9. The van der Waals surface area contributed by atoms with Crippen LogP contribution in [0.3, 0.4) is 0 Å². The fourth-order valence-corrected chi connectivity index (χ4v) is 2.87. The maximum atomic E-state index is 5.22. The minimum Gasteiger partial charge on any atom is -0.495 e. The van der Waals surface area contributed by atoms with Crippen molar-refractivity contribution in [3.63, 3.8) is 0 Å². The predicted octanol–water partition coefficient (Wildman–Crippen LogP) is 3.58. The number of fused-ring (bicyclic) bond motifs is 1. The van der Waals surface area contributed by atoms with Crippen LogP contribution in [0.25, 0.3) is 0 Å². The molecule has 0 bridgehead atoms. The second kappa shape index (κ2) is 5.40. The van der Waals surface area contributed by atoms with Crippen molar-refractivity contribution in [1.82, 2.24) is 4.98 Å². The fraction of sp³-hybridized carbons (Fsp3) is 0.389. The van der Waals surface area contributed by atoms with Gasteiger partial charge in [0.25, 0.3) is 0 Å². The van der Waals surface area contributed by atoms with E-state index in [2.05, 4.69) is 48.4 Å². The molecule has 1 aliphatic rings. The van der Waals surface area contributed by atoms with Gasteiger partial charge in [-0.25, -0.2) is 0 Å². The molecule has 21 heavy (non-hydrogen) atoms. The average molecular weight is 282 g/mol. The van der Waals surface area contributed by atoms with Crippen LogP contribution in [-0.4, -0.2) is 18.6 Å². The minimum atomic E-state index is 0.225. The molecular weight excluding hydrogens is 260 g/mol. The number of aromatic nitrogens is 1. The summed E-state index contributed by atoms with van der Waals surface area (Å²) in [6, 6.07) is 8.85. The third kappa shape index (κ3) is 2.87. The molecule has 0 spiro atoms. The first-order valence-electron chi connectivity index (χ1n) is 7.44. The number of methoxy groups -OCH3 is 1. The molecular formula is C18H22N2O. The van der Waals surface area contributed by atoms with Gasteiger partial charge in [0.05, 0.1) is 13.3 Å². The number of nitrogens with zero attached hydrogens (tertiary/aromatic N) is 1. The van der Waals surface area contributed by atoms with Crippen LogP contribution in [-0.2, 0) is 18.3 Å². The summed E-state index contributed by atoms with van der Waals surface area (Å²) in [5.41, 5.74) is 5.54. The molecule has 0 aliphatic carbocycles. The number of hydrogen-bond acceptors (Lipinski definition) is 3. The van der Waals surface area contributed by atoms with Crippen LogP contribution in [0.4, 0.5) is 5.69 Å². The topological polar surface area (TPSA) is 34.1 Å². The van der Waals surface area contributed by atoms with Gasteiger partial charge in [0.1, 0.15) is 5.75 Å². The van der Waals surface area contributed by atoms with Crippen LogP contribution in [0.1, 0.15) is 30.5 Å². The van der Waals surface area contributed by atoms with Crippen molar-refractivity contribution in [2.45, 2.75) is 32.1 Å². The maximum absolute atomic E-state index is 5.22. The average Bonchev–Trinajstić information content (AvgIpc) is 2.81. The molecule has 0 atom stereocenters. The van der Waals surface area contributed by atoms with Crippen molar-refractivity contribution in [1.29, 1.82) is 0 Å². The first-order valence-corrected chi connectivity index (χ1v) is 7.44. The van der Waals surface area contributed by atoms with Gasteiger partial charge in [-0.15, -0.1) is 0 Å². The van der Waals surface area contributed by atoms with Gasteiger partial charge in [0.2, 0.25) is 0 Å². The lowest BCUT2D eigenvalue weighted by Crippen LogP contribution is -2.19. The molecule has 0 saturated carbocycles. The normalized spacial score (nSPS) is 15.4. The highest BCUT2D eigenvalue weighted by Crippen LogP contribution is 2.36. The lowest BCUT2D eigenvalue weighted by Gasteiger charge is -2.17. The highest BCUT2D eigenvalue weighted by atomic mass is 16.5. The molecule has 0 radical (unpaired) electrons. The molecule has 0 unspecified atom stereocenters. The summed E-state index contributed by atoms with van der Waals surface area (Å²) in [6.07, 6.45) is 5.67. The van der Waals surface area contributed by atoms with Crippen molar-refractivity contribution < 1.29 is 4.74 Å². The number of anilines is 1. The molecule has 3 nitrogen and oxygen atoms in total. The summed E-state index contributed by atoms with van der Waals surface area (Å²) in [7, 11) is 1.68. The molecule has 1 N–H and O–H groups in total. The second-order valence-electron chi connectivity index (χ2n) is 6.35. The molecule has 1 aromatic carbocycles. The van der Waals surface area contributed by atoms with E-state index in [9.17, 15) is 0 Å². The Labute approximate surface area is 126 Å². The van der Waals surface area contributed by atoms with Gasteiger partial charge in [-0.05, 0) is 41.7 Å². The number of ether oxygens (including phenoxy) is 1. The molecule has 1 aliphatic heterocycles. The third-order valence-electron chi connectivity index (χ3n) is 4.24. The predicted molar refractivity (Wildman–Crippen MR) is 86.2 cm³/mol. The molecule has 1 aromatic heterocycles. The van der Waals surface area contributed by atoms with E-state index < -0.39 is 0 Å². The monoisotopic (exact) mass is 282 g/mol. The fourth-order valence-electron chi connectivity index (χ4n) is 2.87. The van der Waals surface area contributed by atoms with Gasteiger partial charge in [-0.2, -0.15) is 0 Å². The SMILES string of the molecule is COc1cncc(CCc2ccc3c(c2)C(C)(C)CN3)c1. The Hall–Kier alpha value is -2.03. The Balaban J connectivity index is 1.74. The van der Waals surface area contributed by atoms with Crippen LogP contribution < -0.4 is 10.1 Å². The number of aryl methyl sites for hydroxylation is 2. The van der Waals surface area contributed by atoms with Crippen molar-refractivity contribution in [2.75, 3.05) is 19.0 Å². The van der Waals surface area contributed by atoms with E-state index in [1.165, 1.54) is 22.4 Å². The molecule has 110 valence electrons. The van der Waals surface area contributed by atoms with Gasteiger partial charge in [-0.3, -0.25) is 4.98 Å². The van der Waals surface area contributed by atoms with Gasteiger partial charge in [0, 0.05) is 23.8 Å². The van der Waals surface area contributed by atoms with Gasteiger partial charge >= 0.3 is 0 Å². The summed E-state index contributed by atoms with van der Waals surface area (Å²) in [6.45, 7) is 5.61. The second-order valence-corrected chi connectivity index (χ2v) is 6.35. The van der Waals surface area contributed by atoms with Crippen molar-refractivity contribution >= 4 is 5.69 Å².